The van der Waals surface area contributed by atoms with E-state index in [9.17, 15) is 24.3 Å². The summed E-state index contributed by atoms with van der Waals surface area (Å²) in [5.74, 6) is -5.81. The first-order valence-electron chi connectivity index (χ1n) is 6.14. The van der Waals surface area contributed by atoms with Crippen molar-refractivity contribution in [3.8, 4) is 0 Å². The highest BCUT2D eigenvalue weighted by atomic mass is 16.6. The maximum atomic E-state index is 12.2. The molecule has 0 aromatic rings. The van der Waals surface area contributed by atoms with E-state index in [2.05, 4.69) is 4.74 Å². The average molecular weight is 298 g/mol. The molecule has 1 saturated carbocycles. The van der Waals surface area contributed by atoms with Crippen LogP contribution in [0, 0.1) is 11.8 Å². The quantitative estimate of drug-likeness (QED) is 0.515. The molecule has 0 spiro atoms. The summed E-state index contributed by atoms with van der Waals surface area (Å²) in [7, 11) is 1.12. The van der Waals surface area contributed by atoms with Crippen LogP contribution in [-0.2, 0) is 33.4 Å². The number of aliphatic hydroxyl groups is 1. The van der Waals surface area contributed by atoms with E-state index >= 15 is 0 Å². The molecule has 0 aromatic heterocycles. The largest absolute Gasteiger partial charge is 0.466 e. The van der Waals surface area contributed by atoms with Gasteiger partial charge in [0.25, 0.3) is 0 Å². The fourth-order valence-electron chi connectivity index (χ4n) is 2.73. The molecule has 114 valence electrons. The van der Waals surface area contributed by atoms with Gasteiger partial charge >= 0.3 is 17.9 Å². The Kier molecular flexibility index (Phi) is 3.58. The Morgan fingerprint density at radius 3 is 2.52 bits per heavy atom. The molecule has 1 aliphatic heterocycles. The predicted molar refractivity (Wildman–Crippen MR) is 64.4 cm³/mol. The van der Waals surface area contributed by atoms with Crippen molar-refractivity contribution in [2.24, 2.45) is 11.8 Å². The number of hydrogen-bond acceptors (Lipinski definition) is 8. The third-order valence-electron chi connectivity index (χ3n) is 3.68. The van der Waals surface area contributed by atoms with E-state index in [1.165, 1.54) is 0 Å². The molecule has 0 unspecified atom stereocenters. The van der Waals surface area contributed by atoms with Crippen molar-refractivity contribution in [2.45, 2.75) is 25.6 Å². The summed E-state index contributed by atoms with van der Waals surface area (Å²) in [6, 6.07) is 0. The number of ketones is 1. The van der Waals surface area contributed by atoms with Crippen LogP contribution in [0.4, 0.5) is 0 Å². The minimum absolute atomic E-state index is 0.139. The average Bonchev–Trinajstić information content (AvgIpc) is 2.60. The maximum Gasteiger partial charge on any atom is 0.337 e. The van der Waals surface area contributed by atoms with E-state index < -0.39 is 47.2 Å². The second kappa shape index (κ2) is 4.96. The van der Waals surface area contributed by atoms with E-state index in [4.69, 9.17) is 9.47 Å². The zero-order chi connectivity index (χ0) is 15.9. The van der Waals surface area contributed by atoms with Crippen LogP contribution in [0.5, 0.6) is 0 Å². The summed E-state index contributed by atoms with van der Waals surface area (Å²) in [6.45, 7) is 2.20. The smallest absolute Gasteiger partial charge is 0.337 e. The number of hydrogen-bond donors (Lipinski definition) is 1. The molecule has 21 heavy (non-hydrogen) atoms. The van der Waals surface area contributed by atoms with Crippen molar-refractivity contribution < 1.29 is 38.5 Å². The minimum Gasteiger partial charge on any atom is -0.466 e. The fourth-order valence-corrected chi connectivity index (χ4v) is 2.73. The van der Waals surface area contributed by atoms with E-state index in [1.807, 2.05) is 0 Å². The monoisotopic (exact) mass is 298 g/mol. The highest BCUT2D eigenvalue weighted by Gasteiger charge is 2.65. The zero-order valence-corrected chi connectivity index (χ0v) is 11.6. The number of cyclic esters (lactones) is 1. The molecule has 1 aliphatic carbocycles. The molecule has 8 heteroatoms. The second-order valence-corrected chi connectivity index (χ2v) is 5.05. The Bertz CT molecular complexity index is 559. The topological polar surface area (TPSA) is 116 Å². The minimum atomic E-state index is -2.10. The van der Waals surface area contributed by atoms with Gasteiger partial charge in [0.1, 0.15) is 17.8 Å². The molecule has 0 amide bonds. The van der Waals surface area contributed by atoms with Crippen LogP contribution in [0.1, 0.15) is 13.8 Å². The standard InChI is InChI=1S/C13H14O8/c1-5(14)21-9-7-6(11(16)19-3)4-20-12(17)8(7)13(2,18)10(9)15/h4,7-9,18H,1-3H3/t7-,8-,9+,13-/m1/s1. The fraction of sp³-hybridized carbons (Fsp3) is 0.538. The van der Waals surface area contributed by atoms with Crippen LogP contribution in [0.25, 0.3) is 0 Å². The van der Waals surface area contributed by atoms with Crippen molar-refractivity contribution in [1.29, 1.82) is 0 Å². The first-order valence-corrected chi connectivity index (χ1v) is 6.14. The highest BCUT2D eigenvalue weighted by Crippen LogP contribution is 2.46. The summed E-state index contributed by atoms with van der Waals surface area (Å²) in [5, 5.41) is 10.3. The molecule has 2 aliphatic rings. The van der Waals surface area contributed by atoms with Crippen LogP contribution >= 0.6 is 0 Å². The van der Waals surface area contributed by atoms with Gasteiger partial charge in [0.05, 0.1) is 18.6 Å². The summed E-state index contributed by atoms with van der Waals surface area (Å²) in [5.41, 5.74) is -2.24. The number of carbonyl (C=O) groups excluding carboxylic acids is 4. The van der Waals surface area contributed by atoms with Gasteiger partial charge in [0.2, 0.25) is 5.78 Å². The van der Waals surface area contributed by atoms with Gasteiger partial charge in [-0.15, -0.1) is 0 Å². The molecular formula is C13H14O8. The molecular weight excluding hydrogens is 284 g/mol. The van der Waals surface area contributed by atoms with Crippen molar-refractivity contribution >= 4 is 23.7 Å². The van der Waals surface area contributed by atoms with E-state index in [0.29, 0.717) is 0 Å². The van der Waals surface area contributed by atoms with Gasteiger partial charge in [-0.3, -0.25) is 14.4 Å². The number of Topliss-reactive ketones (excluding diaryl/α,β-unsaturated/α-hetero) is 1. The Labute approximate surface area is 119 Å². The molecule has 4 atom stereocenters. The number of methoxy groups -OCH3 is 1. The lowest BCUT2D eigenvalue weighted by atomic mass is 9.81. The third kappa shape index (κ3) is 2.21. The van der Waals surface area contributed by atoms with E-state index in [1.54, 1.807) is 0 Å². The van der Waals surface area contributed by atoms with Crippen LogP contribution in [0.3, 0.4) is 0 Å². The lowest BCUT2D eigenvalue weighted by Crippen LogP contribution is -2.44. The summed E-state index contributed by atoms with van der Waals surface area (Å²) >= 11 is 0. The summed E-state index contributed by atoms with van der Waals surface area (Å²) in [6.07, 6.45) is -0.582. The van der Waals surface area contributed by atoms with Crippen LogP contribution < -0.4 is 0 Å². The van der Waals surface area contributed by atoms with Crippen molar-refractivity contribution in [3.05, 3.63) is 11.8 Å². The summed E-state index contributed by atoms with van der Waals surface area (Å²) < 4.78 is 14.2. The first-order chi connectivity index (χ1) is 9.71. The van der Waals surface area contributed by atoms with E-state index in [0.717, 1.165) is 27.2 Å². The molecule has 8 nitrogen and oxygen atoms in total. The lowest BCUT2D eigenvalue weighted by molar-refractivity contribution is -0.158. The second-order valence-electron chi connectivity index (χ2n) is 5.05. The number of carbonyl (C=O) groups is 4. The molecule has 0 saturated heterocycles. The van der Waals surface area contributed by atoms with Gasteiger partial charge < -0.3 is 19.3 Å². The Balaban J connectivity index is 2.53. The number of rotatable bonds is 2. The summed E-state index contributed by atoms with van der Waals surface area (Å²) in [4.78, 5) is 47.0. The number of esters is 3. The van der Waals surface area contributed by atoms with Gasteiger partial charge in [-0.25, -0.2) is 4.79 Å². The van der Waals surface area contributed by atoms with Gasteiger partial charge in [-0.05, 0) is 6.92 Å². The molecule has 2 rings (SSSR count). The Hall–Kier alpha value is -2.22. The Morgan fingerprint density at radius 2 is 2.00 bits per heavy atom. The van der Waals surface area contributed by atoms with Gasteiger partial charge in [-0.1, -0.05) is 0 Å². The number of fused-ring (bicyclic) bond motifs is 1. The van der Waals surface area contributed by atoms with Crippen molar-refractivity contribution in [1.82, 2.24) is 0 Å². The molecule has 1 N–H and O–H groups in total. The third-order valence-corrected chi connectivity index (χ3v) is 3.68. The molecule has 0 bridgehead atoms. The van der Waals surface area contributed by atoms with Crippen LogP contribution in [0.2, 0.25) is 0 Å². The van der Waals surface area contributed by atoms with E-state index in [-0.39, 0.29) is 5.57 Å². The lowest BCUT2D eigenvalue weighted by Gasteiger charge is -2.29. The molecule has 1 fully saturated rings. The van der Waals surface area contributed by atoms with Gasteiger partial charge in [0, 0.05) is 6.92 Å². The van der Waals surface area contributed by atoms with Crippen LogP contribution in [0.15, 0.2) is 11.8 Å². The SMILES string of the molecule is COC(=O)C1=COC(=O)[C@H]2[C@@H]1[C@H](OC(C)=O)C(=O)[C@]2(C)O. The normalized spacial score (nSPS) is 34.7. The van der Waals surface area contributed by atoms with Crippen LogP contribution in [-0.4, -0.2) is 47.6 Å². The first kappa shape index (κ1) is 15.2. The maximum absolute atomic E-state index is 12.2. The molecule has 1 heterocycles. The molecule has 0 radical (unpaired) electrons. The van der Waals surface area contributed by atoms with Gasteiger partial charge in [-0.2, -0.15) is 0 Å². The zero-order valence-electron chi connectivity index (χ0n) is 11.6. The Morgan fingerprint density at radius 1 is 1.38 bits per heavy atom. The van der Waals surface area contributed by atoms with Crippen molar-refractivity contribution in [3.63, 3.8) is 0 Å². The van der Waals surface area contributed by atoms with Crippen molar-refractivity contribution in [2.75, 3.05) is 7.11 Å². The molecule has 0 aromatic carbocycles. The van der Waals surface area contributed by atoms with Gasteiger partial charge in [0.15, 0.2) is 6.10 Å². The highest BCUT2D eigenvalue weighted by molar-refractivity contribution is 6.04. The predicted octanol–water partition coefficient (Wildman–Crippen LogP) is -0.902. The number of ether oxygens (including phenoxy) is 3.